The SMILES string of the molecule is Cc1nnc(NCCCN2CCCC2)nc1C. The average molecular weight is 235 g/mol. The van der Waals surface area contributed by atoms with Crippen LogP contribution in [0, 0.1) is 13.8 Å². The maximum absolute atomic E-state index is 4.34. The highest BCUT2D eigenvalue weighted by Crippen LogP contribution is 2.07. The van der Waals surface area contributed by atoms with Crippen LogP contribution in [0.15, 0.2) is 0 Å². The minimum atomic E-state index is 0.648. The van der Waals surface area contributed by atoms with E-state index in [0.717, 1.165) is 24.4 Å². The molecule has 0 amide bonds. The molecule has 1 saturated heterocycles. The molecule has 0 spiro atoms. The van der Waals surface area contributed by atoms with Gasteiger partial charge < -0.3 is 10.2 Å². The molecule has 1 N–H and O–H groups in total. The van der Waals surface area contributed by atoms with Gasteiger partial charge in [-0.1, -0.05) is 0 Å². The molecular weight excluding hydrogens is 214 g/mol. The lowest BCUT2D eigenvalue weighted by Crippen LogP contribution is -2.22. The summed E-state index contributed by atoms with van der Waals surface area (Å²) in [6.45, 7) is 8.50. The van der Waals surface area contributed by atoms with Crippen LogP contribution in [0.4, 0.5) is 5.95 Å². The second kappa shape index (κ2) is 5.91. The summed E-state index contributed by atoms with van der Waals surface area (Å²) in [5, 5.41) is 11.3. The predicted molar refractivity (Wildman–Crippen MR) is 68.1 cm³/mol. The number of rotatable bonds is 5. The summed E-state index contributed by atoms with van der Waals surface area (Å²) in [5.74, 6) is 0.648. The number of anilines is 1. The Bertz CT molecular complexity index is 360. The molecular formula is C12H21N5. The molecule has 5 heteroatoms. The number of aromatic nitrogens is 3. The first-order chi connectivity index (χ1) is 8.25. The lowest BCUT2D eigenvalue weighted by atomic mass is 10.4. The van der Waals surface area contributed by atoms with Crippen molar-refractivity contribution in [1.82, 2.24) is 20.1 Å². The van der Waals surface area contributed by atoms with Crippen LogP contribution in [0.25, 0.3) is 0 Å². The Labute approximate surface area is 103 Å². The van der Waals surface area contributed by atoms with Gasteiger partial charge in [-0.15, -0.1) is 5.10 Å². The van der Waals surface area contributed by atoms with E-state index in [4.69, 9.17) is 0 Å². The van der Waals surface area contributed by atoms with Gasteiger partial charge in [-0.25, -0.2) is 4.98 Å². The fraction of sp³-hybridized carbons (Fsp3) is 0.750. The summed E-state index contributed by atoms with van der Waals surface area (Å²) in [7, 11) is 0. The van der Waals surface area contributed by atoms with Crippen LogP contribution in [0.2, 0.25) is 0 Å². The molecule has 0 bridgehead atoms. The standard InChI is InChI=1S/C12H21N5/c1-10-11(2)15-16-12(14-10)13-6-5-9-17-7-3-4-8-17/h3-9H2,1-2H3,(H,13,14,16). The van der Waals surface area contributed by atoms with Crippen LogP contribution in [-0.4, -0.2) is 46.3 Å². The summed E-state index contributed by atoms with van der Waals surface area (Å²) < 4.78 is 0. The van der Waals surface area contributed by atoms with Crippen LogP contribution in [0.3, 0.4) is 0 Å². The average Bonchev–Trinajstić information content (AvgIpc) is 2.82. The Morgan fingerprint density at radius 3 is 2.59 bits per heavy atom. The van der Waals surface area contributed by atoms with E-state index in [-0.39, 0.29) is 0 Å². The van der Waals surface area contributed by atoms with Gasteiger partial charge in [0.05, 0.1) is 11.4 Å². The Balaban J connectivity index is 1.68. The van der Waals surface area contributed by atoms with E-state index in [2.05, 4.69) is 25.4 Å². The van der Waals surface area contributed by atoms with Gasteiger partial charge in [0.1, 0.15) is 0 Å². The molecule has 2 rings (SSSR count). The largest absolute Gasteiger partial charge is 0.353 e. The fourth-order valence-electron chi connectivity index (χ4n) is 2.04. The molecule has 0 aromatic carbocycles. The maximum Gasteiger partial charge on any atom is 0.242 e. The third-order valence-electron chi connectivity index (χ3n) is 3.22. The summed E-state index contributed by atoms with van der Waals surface area (Å²) in [5.41, 5.74) is 1.84. The third-order valence-corrected chi connectivity index (χ3v) is 3.22. The highest BCUT2D eigenvalue weighted by atomic mass is 15.2. The lowest BCUT2D eigenvalue weighted by molar-refractivity contribution is 0.337. The van der Waals surface area contributed by atoms with Crippen molar-refractivity contribution in [3.05, 3.63) is 11.4 Å². The minimum Gasteiger partial charge on any atom is -0.353 e. The summed E-state index contributed by atoms with van der Waals surface area (Å²) in [4.78, 5) is 6.86. The van der Waals surface area contributed by atoms with E-state index >= 15 is 0 Å². The summed E-state index contributed by atoms with van der Waals surface area (Å²) in [6.07, 6.45) is 3.85. The van der Waals surface area contributed by atoms with Crippen LogP contribution in [0.1, 0.15) is 30.7 Å². The van der Waals surface area contributed by atoms with E-state index < -0.39 is 0 Å². The van der Waals surface area contributed by atoms with Gasteiger partial charge in [0, 0.05) is 6.54 Å². The van der Waals surface area contributed by atoms with Gasteiger partial charge in [0.2, 0.25) is 5.95 Å². The Morgan fingerprint density at radius 1 is 1.12 bits per heavy atom. The first-order valence-electron chi connectivity index (χ1n) is 6.40. The van der Waals surface area contributed by atoms with Crippen molar-refractivity contribution >= 4 is 5.95 Å². The molecule has 1 aromatic heterocycles. The first kappa shape index (κ1) is 12.2. The number of nitrogens with one attached hydrogen (secondary N) is 1. The second-order valence-corrected chi connectivity index (χ2v) is 4.64. The predicted octanol–water partition coefficient (Wildman–Crippen LogP) is 1.39. The fourth-order valence-corrected chi connectivity index (χ4v) is 2.04. The highest BCUT2D eigenvalue weighted by molar-refractivity contribution is 5.24. The van der Waals surface area contributed by atoms with Crippen molar-refractivity contribution in [3.63, 3.8) is 0 Å². The number of nitrogens with zero attached hydrogens (tertiary/aromatic N) is 4. The number of hydrogen-bond donors (Lipinski definition) is 1. The van der Waals surface area contributed by atoms with Crippen molar-refractivity contribution < 1.29 is 0 Å². The monoisotopic (exact) mass is 235 g/mol. The van der Waals surface area contributed by atoms with Gasteiger partial charge in [0.15, 0.2) is 0 Å². The van der Waals surface area contributed by atoms with Gasteiger partial charge in [-0.3, -0.25) is 0 Å². The molecule has 1 aliphatic rings. The van der Waals surface area contributed by atoms with Crippen LogP contribution in [-0.2, 0) is 0 Å². The van der Waals surface area contributed by atoms with Gasteiger partial charge in [0.25, 0.3) is 0 Å². The molecule has 0 aliphatic carbocycles. The first-order valence-corrected chi connectivity index (χ1v) is 6.40. The van der Waals surface area contributed by atoms with Crippen molar-refractivity contribution in [1.29, 1.82) is 0 Å². The number of aryl methyl sites for hydroxylation is 2. The highest BCUT2D eigenvalue weighted by Gasteiger charge is 2.10. The summed E-state index contributed by atoms with van der Waals surface area (Å²) in [6, 6.07) is 0. The Hall–Kier alpha value is -1.23. The Morgan fingerprint density at radius 2 is 1.88 bits per heavy atom. The molecule has 1 aromatic rings. The maximum atomic E-state index is 4.34. The summed E-state index contributed by atoms with van der Waals surface area (Å²) >= 11 is 0. The van der Waals surface area contributed by atoms with E-state index in [9.17, 15) is 0 Å². The van der Waals surface area contributed by atoms with E-state index in [1.54, 1.807) is 0 Å². The minimum absolute atomic E-state index is 0.648. The van der Waals surface area contributed by atoms with Crippen LogP contribution < -0.4 is 5.32 Å². The van der Waals surface area contributed by atoms with Crippen LogP contribution >= 0.6 is 0 Å². The van der Waals surface area contributed by atoms with Crippen molar-refractivity contribution in [2.75, 3.05) is 31.5 Å². The molecule has 2 heterocycles. The normalized spacial score (nSPS) is 16.4. The molecule has 0 radical (unpaired) electrons. The molecule has 5 nitrogen and oxygen atoms in total. The van der Waals surface area contributed by atoms with Gasteiger partial charge >= 0.3 is 0 Å². The number of likely N-dealkylation sites (tertiary alicyclic amines) is 1. The molecule has 0 atom stereocenters. The zero-order valence-corrected chi connectivity index (χ0v) is 10.7. The quantitative estimate of drug-likeness (QED) is 0.782. The zero-order valence-electron chi connectivity index (χ0n) is 10.7. The smallest absolute Gasteiger partial charge is 0.242 e. The number of hydrogen-bond acceptors (Lipinski definition) is 5. The van der Waals surface area contributed by atoms with Crippen LogP contribution in [0.5, 0.6) is 0 Å². The second-order valence-electron chi connectivity index (χ2n) is 4.64. The van der Waals surface area contributed by atoms with Gasteiger partial charge in [-0.05, 0) is 52.7 Å². The molecule has 1 fully saturated rings. The molecule has 94 valence electrons. The van der Waals surface area contributed by atoms with Crippen molar-refractivity contribution in [2.24, 2.45) is 0 Å². The Kier molecular flexibility index (Phi) is 4.25. The third kappa shape index (κ3) is 3.63. The van der Waals surface area contributed by atoms with E-state index in [1.807, 2.05) is 13.8 Å². The lowest BCUT2D eigenvalue weighted by Gasteiger charge is -2.14. The topological polar surface area (TPSA) is 53.9 Å². The molecule has 0 unspecified atom stereocenters. The van der Waals surface area contributed by atoms with E-state index in [0.29, 0.717) is 5.95 Å². The molecule has 1 aliphatic heterocycles. The van der Waals surface area contributed by atoms with Crippen molar-refractivity contribution in [3.8, 4) is 0 Å². The van der Waals surface area contributed by atoms with Gasteiger partial charge in [-0.2, -0.15) is 5.10 Å². The van der Waals surface area contributed by atoms with E-state index in [1.165, 1.54) is 32.5 Å². The molecule has 17 heavy (non-hydrogen) atoms. The zero-order chi connectivity index (χ0) is 12.1. The van der Waals surface area contributed by atoms with Crippen molar-refractivity contribution in [2.45, 2.75) is 33.1 Å². The molecule has 0 saturated carbocycles.